The van der Waals surface area contributed by atoms with Gasteiger partial charge < -0.3 is 14.4 Å². The Labute approximate surface area is 191 Å². The minimum absolute atomic E-state index is 0.122. The van der Waals surface area contributed by atoms with Gasteiger partial charge >= 0.3 is 0 Å². The third kappa shape index (κ3) is 6.81. The van der Waals surface area contributed by atoms with Gasteiger partial charge in [-0.1, -0.05) is 37.6 Å². The molecule has 1 aliphatic heterocycles. The summed E-state index contributed by atoms with van der Waals surface area (Å²) in [6.45, 7) is 6.55. The first kappa shape index (κ1) is 23.8. The predicted octanol–water partition coefficient (Wildman–Crippen LogP) is 4.16. The maximum atomic E-state index is 12.3. The maximum absolute atomic E-state index is 12.3. The zero-order valence-corrected chi connectivity index (χ0v) is 19.1. The Balaban J connectivity index is 1.63. The molecule has 0 saturated carbocycles. The highest BCUT2D eigenvalue weighted by Gasteiger charge is 2.24. The number of methoxy groups -OCH3 is 1. The molecule has 1 amide bonds. The van der Waals surface area contributed by atoms with Gasteiger partial charge in [0.1, 0.15) is 5.75 Å². The largest absolute Gasteiger partial charge is 0.497 e. The van der Waals surface area contributed by atoms with Gasteiger partial charge in [0.2, 0.25) is 5.91 Å². The summed E-state index contributed by atoms with van der Waals surface area (Å²) in [6.07, 6.45) is 2.53. The monoisotopic (exact) mass is 435 g/mol. The summed E-state index contributed by atoms with van der Waals surface area (Å²) in [5.41, 5.74) is 2.74. The van der Waals surface area contributed by atoms with Crippen molar-refractivity contribution < 1.29 is 14.3 Å². The average Bonchev–Trinajstić information content (AvgIpc) is 2.85. The van der Waals surface area contributed by atoms with Gasteiger partial charge in [-0.05, 0) is 41.8 Å². The van der Waals surface area contributed by atoms with Crippen LogP contribution in [0.1, 0.15) is 49.0 Å². The summed E-state index contributed by atoms with van der Waals surface area (Å²) in [4.78, 5) is 16.7. The van der Waals surface area contributed by atoms with Gasteiger partial charge in [-0.3, -0.25) is 9.69 Å². The number of carbonyl (C=O) groups is 1. The number of amides is 1. The second-order valence-corrected chi connectivity index (χ2v) is 8.17. The fraction of sp³-hybridized carbons (Fsp3) is 0.462. The molecule has 0 spiro atoms. The molecule has 1 aliphatic rings. The molecule has 2 aromatic rings. The maximum Gasteiger partial charge on any atom is 0.222 e. The van der Waals surface area contributed by atoms with Crippen LogP contribution in [0.15, 0.2) is 48.5 Å². The van der Waals surface area contributed by atoms with Crippen molar-refractivity contribution in [1.82, 2.24) is 9.80 Å². The number of nitriles is 1. The van der Waals surface area contributed by atoms with Crippen molar-refractivity contribution in [3.63, 3.8) is 0 Å². The fourth-order valence-electron chi connectivity index (χ4n) is 3.87. The van der Waals surface area contributed by atoms with Gasteiger partial charge in [0.15, 0.2) is 0 Å². The van der Waals surface area contributed by atoms with Crippen LogP contribution in [-0.2, 0) is 16.1 Å². The summed E-state index contributed by atoms with van der Waals surface area (Å²) in [6, 6.07) is 17.6. The van der Waals surface area contributed by atoms with E-state index in [1.165, 1.54) is 0 Å². The van der Waals surface area contributed by atoms with E-state index in [4.69, 9.17) is 14.7 Å². The van der Waals surface area contributed by atoms with Crippen LogP contribution in [0.2, 0.25) is 0 Å². The first-order valence-electron chi connectivity index (χ1n) is 11.4. The van der Waals surface area contributed by atoms with Gasteiger partial charge in [-0.25, -0.2) is 0 Å². The average molecular weight is 436 g/mol. The number of benzene rings is 2. The highest BCUT2D eigenvalue weighted by molar-refractivity contribution is 5.76. The summed E-state index contributed by atoms with van der Waals surface area (Å²) in [7, 11) is 1.67. The second-order valence-electron chi connectivity index (χ2n) is 8.17. The normalized spacial score (nSPS) is 15.2. The Kier molecular flexibility index (Phi) is 9.09. The van der Waals surface area contributed by atoms with Crippen LogP contribution in [0.25, 0.3) is 0 Å². The van der Waals surface area contributed by atoms with E-state index in [1.54, 1.807) is 7.11 Å². The lowest BCUT2D eigenvalue weighted by molar-refractivity contribution is -0.133. The van der Waals surface area contributed by atoms with E-state index in [9.17, 15) is 4.79 Å². The molecule has 6 nitrogen and oxygen atoms in total. The minimum Gasteiger partial charge on any atom is -0.497 e. The molecule has 0 bridgehead atoms. The Hall–Kier alpha value is -2.88. The molecule has 0 radical (unpaired) electrons. The number of piperazine rings is 1. The SMILES string of the molecule is CCCCC(=O)N1CCN(C[C@@H](OCc2ccc(C#N)cc2)c2cccc(OC)c2)CC1. The van der Waals surface area contributed by atoms with E-state index in [1.807, 2.05) is 47.4 Å². The van der Waals surface area contributed by atoms with Crippen molar-refractivity contribution in [2.75, 3.05) is 39.8 Å². The van der Waals surface area contributed by atoms with Crippen LogP contribution in [0.3, 0.4) is 0 Å². The van der Waals surface area contributed by atoms with E-state index < -0.39 is 0 Å². The number of carbonyl (C=O) groups excluding carboxylic acids is 1. The van der Waals surface area contributed by atoms with Crippen LogP contribution in [0.5, 0.6) is 5.75 Å². The van der Waals surface area contributed by atoms with Crippen LogP contribution in [0, 0.1) is 11.3 Å². The molecule has 1 heterocycles. The highest BCUT2D eigenvalue weighted by Crippen LogP contribution is 2.25. The molecule has 32 heavy (non-hydrogen) atoms. The van der Waals surface area contributed by atoms with Crippen molar-refractivity contribution in [2.24, 2.45) is 0 Å². The summed E-state index contributed by atoms with van der Waals surface area (Å²) in [5, 5.41) is 9.00. The van der Waals surface area contributed by atoms with E-state index in [-0.39, 0.29) is 12.0 Å². The zero-order chi connectivity index (χ0) is 22.8. The summed E-state index contributed by atoms with van der Waals surface area (Å²) < 4.78 is 11.8. The van der Waals surface area contributed by atoms with Gasteiger partial charge in [-0.2, -0.15) is 5.26 Å². The molecule has 1 saturated heterocycles. The number of hydrogen-bond acceptors (Lipinski definition) is 5. The van der Waals surface area contributed by atoms with Gasteiger partial charge in [-0.15, -0.1) is 0 Å². The molecule has 0 N–H and O–H groups in total. The molecular weight excluding hydrogens is 402 g/mol. The van der Waals surface area contributed by atoms with E-state index >= 15 is 0 Å². The molecule has 1 fully saturated rings. The molecule has 0 aromatic heterocycles. The molecule has 1 atom stereocenters. The van der Waals surface area contributed by atoms with Crippen molar-refractivity contribution in [3.05, 3.63) is 65.2 Å². The quantitative estimate of drug-likeness (QED) is 0.561. The third-order valence-electron chi connectivity index (χ3n) is 5.89. The summed E-state index contributed by atoms with van der Waals surface area (Å²) >= 11 is 0. The molecule has 0 unspecified atom stereocenters. The Morgan fingerprint density at radius 3 is 2.53 bits per heavy atom. The Bertz CT molecular complexity index is 899. The number of hydrogen-bond donors (Lipinski definition) is 0. The molecule has 3 rings (SSSR count). The highest BCUT2D eigenvalue weighted by atomic mass is 16.5. The molecule has 0 aliphatic carbocycles. The second kappa shape index (κ2) is 12.2. The number of nitrogens with zero attached hydrogens (tertiary/aromatic N) is 3. The van der Waals surface area contributed by atoms with Gasteiger partial charge in [0.25, 0.3) is 0 Å². The first-order chi connectivity index (χ1) is 15.6. The molecule has 2 aromatic carbocycles. The molecule has 170 valence electrons. The Morgan fingerprint density at radius 1 is 1.12 bits per heavy atom. The van der Waals surface area contributed by atoms with Gasteiger partial charge in [0.05, 0.1) is 31.5 Å². The topological polar surface area (TPSA) is 65.8 Å². The summed E-state index contributed by atoms with van der Waals surface area (Å²) in [5.74, 6) is 1.08. The standard InChI is InChI=1S/C26H33N3O3/c1-3-4-8-26(30)29-15-13-28(14-16-29)19-25(23-6-5-7-24(17-23)31-2)32-20-22-11-9-21(18-27)10-12-22/h5-7,9-12,17,25H,3-4,8,13-16,19-20H2,1-2H3/t25-/m1/s1. The lowest BCUT2D eigenvalue weighted by Gasteiger charge is -2.36. The number of rotatable bonds is 10. The predicted molar refractivity (Wildman–Crippen MR) is 124 cm³/mol. The molecular formula is C26H33N3O3. The minimum atomic E-state index is -0.122. The lowest BCUT2D eigenvalue weighted by Crippen LogP contribution is -2.49. The van der Waals surface area contributed by atoms with Crippen LogP contribution in [0.4, 0.5) is 0 Å². The fourth-order valence-corrected chi connectivity index (χ4v) is 3.87. The van der Waals surface area contributed by atoms with Gasteiger partial charge in [0, 0.05) is 39.1 Å². The van der Waals surface area contributed by atoms with E-state index in [2.05, 4.69) is 24.0 Å². The smallest absolute Gasteiger partial charge is 0.222 e. The first-order valence-corrected chi connectivity index (χ1v) is 11.4. The molecule has 6 heteroatoms. The lowest BCUT2D eigenvalue weighted by atomic mass is 10.1. The van der Waals surface area contributed by atoms with Crippen molar-refractivity contribution in [2.45, 2.75) is 38.9 Å². The van der Waals surface area contributed by atoms with Crippen LogP contribution >= 0.6 is 0 Å². The number of unbranched alkanes of at least 4 members (excludes halogenated alkanes) is 1. The van der Waals surface area contributed by atoms with Crippen molar-refractivity contribution in [1.29, 1.82) is 5.26 Å². The van der Waals surface area contributed by atoms with E-state index in [0.717, 1.165) is 62.4 Å². The van der Waals surface area contributed by atoms with Crippen LogP contribution < -0.4 is 4.74 Å². The van der Waals surface area contributed by atoms with E-state index in [0.29, 0.717) is 18.6 Å². The zero-order valence-electron chi connectivity index (χ0n) is 19.1. The Morgan fingerprint density at radius 2 is 1.88 bits per heavy atom. The van der Waals surface area contributed by atoms with Crippen molar-refractivity contribution in [3.8, 4) is 11.8 Å². The number of ether oxygens (including phenoxy) is 2. The van der Waals surface area contributed by atoms with Crippen LogP contribution in [-0.4, -0.2) is 55.5 Å². The van der Waals surface area contributed by atoms with Crippen molar-refractivity contribution >= 4 is 5.91 Å². The third-order valence-corrected chi connectivity index (χ3v) is 5.89.